The maximum atomic E-state index is 12.9. The van der Waals surface area contributed by atoms with Gasteiger partial charge >= 0.3 is 10.4 Å². The zero-order valence-electron chi connectivity index (χ0n) is 33.3. The fourth-order valence-corrected chi connectivity index (χ4v) is 7.56. The van der Waals surface area contributed by atoms with Crippen molar-refractivity contribution in [2.24, 2.45) is 0 Å². The van der Waals surface area contributed by atoms with E-state index in [4.69, 9.17) is 14.0 Å². The SMILES string of the molecule is CCCCCCCCCCCCCCCCCCCC(O)C(COC1OC(CO)C(O)C(OS(=O)(=O)O)C1O)NC(=O)CCCCCCCCCCC. The maximum Gasteiger partial charge on any atom is 0.397 e. The largest absolute Gasteiger partial charge is 0.397 e. The molecule has 0 radical (unpaired) electrons. The zero-order valence-corrected chi connectivity index (χ0v) is 34.2. The van der Waals surface area contributed by atoms with E-state index >= 15 is 0 Å². The van der Waals surface area contributed by atoms with Gasteiger partial charge < -0.3 is 35.2 Å². The van der Waals surface area contributed by atoms with Crippen LogP contribution in [0.5, 0.6) is 0 Å². The molecule has 0 aromatic heterocycles. The van der Waals surface area contributed by atoms with Crippen LogP contribution in [0.3, 0.4) is 0 Å². The first kappa shape index (κ1) is 50.1. The standard InChI is InChI=1S/C40H79NO11S/c1-3-5-7-9-11-13-14-15-16-17-18-19-20-22-23-25-27-29-34(43)33(41-36(44)30-28-26-24-21-12-10-8-6-4-2)32-50-40-38(46)39(52-53(47,48)49)37(45)35(31-42)51-40/h33-35,37-40,42-43,45-46H,3-32H2,1-2H3,(H,41,44)(H,47,48,49). The molecule has 1 amide bonds. The number of rotatable bonds is 36. The predicted molar refractivity (Wildman–Crippen MR) is 209 cm³/mol. The fourth-order valence-electron chi connectivity index (χ4n) is 7.05. The maximum absolute atomic E-state index is 12.9. The molecule has 1 aliphatic rings. The van der Waals surface area contributed by atoms with E-state index in [1.807, 2.05) is 0 Å². The van der Waals surface area contributed by atoms with E-state index in [0.29, 0.717) is 12.8 Å². The molecule has 13 heteroatoms. The van der Waals surface area contributed by atoms with Crippen LogP contribution in [0.1, 0.15) is 194 Å². The van der Waals surface area contributed by atoms with Crippen molar-refractivity contribution in [1.82, 2.24) is 5.32 Å². The number of ether oxygens (including phenoxy) is 2. The molecule has 1 saturated heterocycles. The Hall–Kier alpha value is -0.900. The Kier molecular flexibility index (Phi) is 30.5. The Morgan fingerprint density at radius 1 is 0.679 bits per heavy atom. The van der Waals surface area contributed by atoms with Crippen molar-refractivity contribution >= 4 is 16.3 Å². The molecular formula is C40H79NO11S. The topological polar surface area (TPSA) is 192 Å². The highest BCUT2D eigenvalue weighted by Gasteiger charge is 2.48. The molecule has 0 saturated carbocycles. The summed E-state index contributed by atoms with van der Waals surface area (Å²) in [5, 5.41) is 44.7. The average molecular weight is 782 g/mol. The van der Waals surface area contributed by atoms with Gasteiger partial charge in [0.2, 0.25) is 5.91 Å². The van der Waals surface area contributed by atoms with Crippen molar-refractivity contribution in [3.8, 4) is 0 Å². The number of nitrogens with one attached hydrogen (secondary N) is 1. The van der Waals surface area contributed by atoms with E-state index in [-0.39, 0.29) is 12.5 Å². The number of carbonyl (C=O) groups is 1. The zero-order chi connectivity index (χ0) is 39.2. The first-order valence-electron chi connectivity index (χ1n) is 21.4. The summed E-state index contributed by atoms with van der Waals surface area (Å²) < 4.78 is 47.5. The van der Waals surface area contributed by atoms with Crippen molar-refractivity contribution in [2.45, 2.75) is 236 Å². The van der Waals surface area contributed by atoms with Gasteiger partial charge in [0.15, 0.2) is 6.29 Å². The van der Waals surface area contributed by atoms with E-state index in [0.717, 1.165) is 51.4 Å². The summed E-state index contributed by atoms with van der Waals surface area (Å²) in [6.07, 6.45) is 22.6. The number of unbranched alkanes of at least 4 members (excludes halogenated alkanes) is 24. The van der Waals surface area contributed by atoms with Crippen LogP contribution in [-0.2, 0) is 28.9 Å². The van der Waals surface area contributed by atoms with Gasteiger partial charge in [0.1, 0.15) is 24.4 Å². The Morgan fingerprint density at radius 2 is 1.09 bits per heavy atom. The van der Waals surface area contributed by atoms with Crippen molar-refractivity contribution in [3.63, 3.8) is 0 Å². The monoisotopic (exact) mass is 782 g/mol. The molecule has 12 nitrogen and oxygen atoms in total. The second kappa shape index (κ2) is 32.2. The van der Waals surface area contributed by atoms with Gasteiger partial charge in [-0.1, -0.05) is 174 Å². The minimum atomic E-state index is -5.07. The number of amides is 1. The van der Waals surface area contributed by atoms with E-state index in [9.17, 15) is 33.6 Å². The lowest BCUT2D eigenvalue weighted by atomic mass is 9.99. The number of aliphatic hydroxyl groups is 4. The summed E-state index contributed by atoms with van der Waals surface area (Å²) in [4.78, 5) is 12.9. The first-order chi connectivity index (χ1) is 25.5. The molecule has 1 rings (SSSR count). The summed E-state index contributed by atoms with van der Waals surface area (Å²) in [7, 11) is -5.07. The number of carbonyl (C=O) groups excluding carboxylic acids is 1. The highest BCUT2D eigenvalue weighted by atomic mass is 32.3. The number of aliphatic hydroxyl groups excluding tert-OH is 4. The highest BCUT2D eigenvalue weighted by Crippen LogP contribution is 2.26. The molecular weight excluding hydrogens is 703 g/mol. The Labute approximate surface area is 322 Å². The second-order valence-electron chi connectivity index (χ2n) is 15.3. The van der Waals surface area contributed by atoms with Crippen LogP contribution in [0, 0.1) is 0 Å². The molecule has 1 aliphatic heterocycles. The summed E-state index contributed by atoms with van der Waals surface area (Å²) in [6, 6.07) is -0.849. The smallest absolute Gasteiger partial charge is 0.394 e. The normalized spacial score (nSPS) is 21.8. The van der Waals surface area contributed by atoms with Gasteiger partial charge in [-0.25, -0.2) is 4.18 Å². The first-order valence-corrected chi connectivity index (χ1v) is 22.8. The molecule has 0 aromatic rings. The van der Waals surface area contributed by atoms with Gasteiger partial charge in [-0.05, 0) is 12.8 Å². The Balaban J connectivity index is 2.50. The van der Waals surface area contributed by atoms with Crippen LogP contribution < -0.4 is 5.32 Å². The average Bonchev–Trinajstić information content (AvgIpc) is 3.12. The van der Waals surface area contributed by atoms with Gasteiger partial charge in [-0.3, -0.25) is 9.35 Å². The molecule has 1 fully saturated rings. The number of hydrogen-bond acceptors (Lipinski definition) is 10. The van der Waals surface area contributed by atoms with Crippen LogP contribution in [0.4, 0.5) is 0 Å². The third-order valence-electron chi connectivity index (χ3n) is 10.4. The van der Waals surface area contributed by atoms with Gasteiger partial charge in [0, 0.05) is 6.42 Å². The van der Waals surface area contributed by atoms with Gasteiger partial charge in [-0.2, -0.15) is 8.42 Å². The predicted octanol–water partition coefficient (Wildman–Crippen LogP) is 7.44. The van der Waals surface area contributed by atoms with Crippen molar-refractivity contribution in [3.05, 3.63) is 0 Å². The molecule has 53 heavy (non-hydrogen) atoms. The molecule has 1 heterocycles. The minimum Gasteiger partial charge on any atom is -0.394 e. The van der Waals surface area contributed by atoms with Crippen LogP contribution in [-0.4, -0.2) is 95.4 Å². The van der Waals surface area contributed by atoms with Gasteiger partial charge in [0.05, 0.1) is 25.4 Å². The lowest BCUT2D eigenvalue weighted by Crippen LogP contribution is -2.61. The second-order valence-corrected chi connectivity index (χ2v) is 16.3. The van der Waals surface area contributed by atoms with Gasteiger partial charge in [-0.15, -0.1) is 0 Å². The molecule has 0 spiro atoms. The van der Waals surface area contributed by atoms with Crippen LogP contribution in [0.2, 0.25) is 0 Å². The van der Waals surface area contributed by atoms with Gasteiger partial charge in [0.25, 0.3) is 0 Å². The molecule has 7 atom stereocenters. The molecule has 0 aliphatic carbocycles. The molecule has 6 N–H and O–H groups in total. The summed E-state index contributed by atoms with van der Waals surface area (Å²) >= 11 is 0. The lowest BCUT2D eigenvalue weighted by Gasteiger charge is -2.41. The summed E-state index contributed by atoms with van der Waals surface area (Å²) in [5.41, 5.74) is 0. The molecule has 7 unspecified atom stereocenters. The van der Waals surface area contributed by atoms with Crippen molar-refractivity contribution in [2.75, 3.05) is 13.2 Å². The summed E-state index contributed by atoms with van der Waals surface area (Å²) in [5.74, 6) is -0.232. The molecule has 0 aromatic carbocycles. The van der Waals surface area contributed by atoms with Crippen molar-refractivity contribution < 1.29 is 51.8 Å². The van der Waals surface area contributed by atoms with E-state index in [1.54, 1.807) is 0 Å². The Bertz CT molecular complexity index is 972. The Morgan fingerprint density at radius 3 is 1.51 bits per heavy atom. The van der Waals surface area contributed by atoms with E-state index in [2.05, 4.69) is 23.3 Å². The van der Waals surface area contributed by atoms with E-state index in [1.165, 1.54) is 116 Å². The third kappa shape index (κ3) is 25.8. The molecule has 316 valence electrons. The quantitative estimate of drug-likeness (QED) is 0.0274. The summed E-state index contributed by atoms with van der Waals surface area (Å²) in [6.45, 7) is 3.41. The molecule has 0 bridgehead atoms. The third-order valence-corrected chi connectivity index (χ3v) is 10.9. The van der Waals surface area contributed by atoms with E-state index < -0.39 is 59.9 Å². The van der Waals surface area contributed by atoms with Crippen LogP contribution in [0.15, 0.2) is 0 Å². The van der Waals surface area contributed by atoms with Crippen LogP contribution in [0.25, 0.3) is 0 Å². The minimum absolute atomic E-state index is 0.232. The van der Waals surface area contributed by atoms with Crippen LogP contribution >= 0.6 is 0 Å². The fraction of sp³-hybridized carbons (Fsp3) is 0.975. The number of hydrogen-bond donors (Lipinski definition) is 6. The highest BCUT2D eigenvalue weighted by molar-refractivity contribution is 7.80. The van der Waals surface area contributed by atoms with Crippen molar-refractivity contribution in [1.29, 1.82) is 0 Å². The lowest BCUT2D eigenvalue weighted by molar-refractivity contribution is -0.298.